The third kappa shape index (κ3) is 2.87. The van der Waals surface area contributed by atoms with Crippen molar-refractivity contribution in [1.29, 1.82) is 0 Å². The van der Waals surface area contributed by atoms with E-state index in [1.165, 1.54) is 5.57 Å². The van der Waals surface area contributed by atoms with Gasteiger partial charge in [-0.3, -0.25) is 0 Å². The summed E-state index contributed by atoms with van der Waals surface area (Å²) in [6.07, 6.45) is 2.17. The van der Waals surface area contributed by atoms with Crippen LogP contribution in [-0.4, -0.2) is 19.4 Å². The fourth-order valence-electron chi connectivity index (χ4n) is 1.93. The standard InChI is InChI=1S/C14H18BrNO2/c1-4-16-10(3)9(2)5-11-6-12(15)14-13(7-11)17-8-18-14/h5-7,10,16H,4,8H2,1-3H3/b9-5+. The predicted molar refractivity (Wildman–Crippen MR) is 77.1 cm³/mol. The zero-order valence-corrected chi connectivity index (χ0v) is 12.5. The molecule has 1 aliphatic heterocycles. The van der Waals surface area contributed by atoms with Crippen LogP contribution in [0.2, 0.25) is 0 Å². The minimum Gasteiger partial charge on any atom is -0.454 e. The fourth-order valence-corrected chi connectivity index (χ4v) is 2.50. The van der Waals surface area contributed by atoms with Crippen molar-refractivity contribution in [1.82, 2.24) is 5.32 Å². The van der Waals surface area contributed by atoms with E-state index >= 15 is 0 Å². The summed E-state index contributed by atoms with van der Waals surface area (Å²) in [6, 6.07) is 4.43. The maximum absolute atomic E-state index is 5.41. The second-order valence-corrected chi connectivity index (χ2v) is 5.26. The highest BCUT2D eigenvalue weighted by Crippen LogP contribution is 2.40. The zero-order chi connectivity index (χ0) is 13.1. The molecule has 1 atom stereocenters. The monoisotopic (exact) mass is 311 g/mol. The van der Waals surface area contributed by atoms with Crippen molar-refractivity contribution in [2.75, 3.05) is 13.3 Å². The Kier molecular flexibility index (Phi) is 4.30. The topological polar surface area (TPSA) is 30.5 Å². The Balaban J connectivity index is 2.24. The Bertz CT molecular complexity index is 471. The van der Waals surface area contributed by atoms with E-state index in [1.54, 1.807) is 0 Å². The van der Waals surface area contributed by atoms with Gasteiger partial charge in [-0.1, -0.05) is 18.6 Å². The van der Waals surface area contributed by atoms with E-state index < -0.39 is 0 Å². The second kappa shape index (κ2) is 5.76. The molecule has 1 aliphatic rings. The van der Waals surface area contributed by atoms with Gasteiger partial charge in [-0.2, -0.15) is 0 Å². The van der Waals surface area contributed by atoms with Crippen LogP contribution in [0.15, 0.2) is 22.2 Å². The molecule has 0 amide bonds. The number of hydrogen-bond donors (Lipinski definition) is 1. The molecule has 0 fully saturated rings. The highest BCUT2D eigenvalue weighted by atomic mass is 79.9. The van der Waals surface area contributed by atoms with E-state index in [2.05, 4.69) is 54.2 Å². The molecular formula is C14H18BrNO2. The van der Waals surface area contributed by atoms with Crippen LogP contribution in [-0.2, 0) is 0 Å². The number of hydrogen-bond acceptors (Lipinski definition) is 3. The molecule has 2 rings (SSSR count). The molecule has 3 nitrogen and oxygen atoms in total. The summed E-state index contributed by atoms with van der Waals surface area (Å²) >= 11 is 3.51. The average Bonchev–Trinajstić information content (AvgIpc) is 2.77. The summed E-state index contributed by atoms with van der Waals surface area (Å²) < 4.78 is 11.7. The molecule has 1 unspecified atom stereocenters. The van der Waals surface area contributed by atoms with Gasteiger partial charge in [-0.25, -0.2) is 0 Å². The van der Waals surface area contributed by atoms with Crippen LogP contribution in [0.3, 0.4) is 0 Å². The Morgan fingerprint density at radius 1 is 1.50 bits per heavy atom. The van der Waals surface area contributed by atoms with E-state index in [1.807, 2.05) is 6.07 Å². The molecular weight excluding hydrogens is 294 g/mol. The maximum atomic E-state index is 5.41. The van der Waals surface area contributed by atoms with Crippen LogP contribution in [0.1, 0.15) is 26.3 Å². The largest absolute Gasteiger partial charge is 0.454 e. The highest BCUT2D eigenvalue weighted by molar-refractivity contribution is 9.10. The first-order chi connectivity index (χ1) is 8.61. The minimum atomic E-state index is 0.299. The molecule has 1 aromatic rings. The first kappa shape index (κ1) is 13.4. The van der Waals surface area contributed by atoms with E-state index in [9.17, 15) is 0 Å². The van der Waals surface area contributed by atoms with Crippen LogP contribution in [0.4, 0.5) is 0 Å². The van der Waals surface area contributed by atoms with Crippen molar-refractivity contribution >= 4 is 22.0 Å². The van der Waals surface area contributed by atoms with Crippen molar-refractivity contribution < 1.29 is 9.47 Å². The lowest BCUT2D eigenvalue weighted by atomic mass is 10.1. The third-order valence-corrected chi connectivity index (χ3v) is 3.63. The van der Waals surface area contributed by atoms with Crippen molar-refractivity contribution in [2.24, 2.45) is 0 Å². The van der Waals surface area contributed by atoms with Crippen LogP contribution in [0, 0.1) is 0 Å². The van der Waals surface area contributed by atoms with E-state index in [-0.39, 0.29) is 0 Å². The molecule has 1 N–H and O–H groups in total. The lowest BCUT2D eigenvalue weighted by molar-refractivity contribution is 0.173. The Morgan fingerprint density at radius 3 is 3.00 bits per heavy atom. The number of likely N-dealkylation sites (N-methyl/N-ethyl adjacent to an activating group) is 1. The number of benzene rings is 1. The second-order valence-electron chi connectivity index (χ2n) is 4.40. The molecule has 0 radical (unpaired) electrons. The van der Waals surface area contributed by atoms with Crippen molar-refractivity contribution in [2.45, 2.75) is 26.8 Å². The van der Waals surface area contributed by atoms with E-state index in [4.69, 9.17) is 9.47 Å². The molecule has 98 valence electrons. The highest BCUT2D eigenvalue weighted by Gasteiger charge is 2.17. The summed E-state index contributed by atoms with van der Waals surface area (Å²) in [5, 5.41) is 3.40. The molecule has 0 saturated carbocycles. The third-order valence-electron chi connectivity index (χ3n) is 3.04. The molecule has 18 heavy (non-hydrogen) atoms. The number of rotatable bonds is 4. The van der Waals surface area contributed by atoms with Gasteiger partial charge in [-0.05, 0) is 54.0 Å². The van der Waals surface area contributed by atoms with Gasteiger partial charge in [0.2, 0.25) is 6.79 Å². The maximum Gasteiger partial charge on any atom is 0.231 e. The van der Waals surface area contributed by atoms with Crippen molar-refractivity contribution in [3.63, 3.8) is 0 Å². The summed E-state index contributed by atoms with van der Waals surface area (Å²) in [4.78, 5) is 0. The van der Waals surface area contributed by atoms with E-state index in [0.717, 1.165) is 28.1 Å². The Hall–Kier alpha value is -1.00. The van der Waals surface area contributed by atoms with Gasteiger partial charge in [-0.15, -0.1) is 0 Å². The fraction of sp³-hybridized carbons (Fsp3) is 0.429. The predicted octanol–water partition coefficient (Wildman–Crippen LogP) is 3.58. The summed E-state index contributed by atoms with van der Waals surface area (Å²) in [5.74, 6) is 1.60. The number of ether oxygens (including phenoxy) is 2. The zero-order valence-electron chi connectivity index (χ0n) is 10.9. The van der Waals surface area contributed by atoms with Gasteiger partial charge in [0.1, 0.15) is 0 Å². The van der Waals surface area contributed by atoms with E-state index in [0.29, 0.717) is 12.8 Å². The van der Waals surface area contributed by atoms with Crippen molar-refractivity contribution in [3.8, 4) is 11.5 Å². The Labute approximate surface area is 116 Å². The summed E-state index contributed by atoms with van der Waals surface area (Å²) in [5.41, 5.74) is 2.41. The average molecular weight is 312 g/mol. The van der Waals surface area contributed by atoms with Gasteiger partial charge in [0.05, 0.1) is 4.47 Å². The Morgan fingerprint density at radius 2 is 2.28 bits per heavy atom. The van der Waals surface area contributed by atoms with Crippen LogP contribution >= 0.6 is 15.9 Å². The number of halogens is 1. The van der Waals surface area contributed by atoms with Gasteiger partial charge in [0.15, 0.2) is 11.5 Å². The first-order valence-electron chi connectivity index (χ1n) is 6.12. The number of nitrogens with one attached hydrogen (secondary N) is 1. The van der Waals surface area contributed by atoms with Crippen molar-refractivity contribution in [3.05, 3.63) is 27.7 Å². The van der Waals surface area contributed by atoms with Gasteiger partial charge in [0.25, 0.3) is 0 Å². The quantitative estimate of drug-likeness (QED) is 0.922. The molecule has 0 aliphatic carbocycles. The van der Waals surface area contributed by atoms with Gasteiger partial charge >= 0.3 is 0 Å². The molecule has 1 heterocycles. The first-order valence-corrected chi connectivity index (χ1v) is 6.91. The molecule has 0 bridgehead atoms. The minimum absolute atomic E-state index is 0.299. The molecule has 0 aromatic heterocycles. The smallest absolute Gasteiger partial charge is 0.231 e. The molecule has 1 aromatic carbocycles. The molecule has 0 spiro atoms. The SMILES string of the molecule is CCNC(C)/C(C)=C/c1cc(Br)c2c(c1)OCO2. The lowest BCUT2D eigenvalue weighted by Gasteiger charge is -2.13. The lowest BCUT2D eigenvalue weighted by Crippen LogP contribution is -2.26. The molecule has 4 heteroatoms. The summed E-state index contributed by atoms with van der Waals surface area (Å²) in [6.45, 7) is 7.68. The molecule has 0 saturated heterocycles. The van der Waals surface area contributed by atoms with Crippen LogP contribution in [0.5, 0.6) is 11.5 Å². The van der Waals surface area contributed by atoms with Crippen LogP contribution in [0.25, 0.3) is 6.08 Å². The van der Waals surface area contributed by atoms with Gasteiger partial charge in [0, 0.05) is 6.04 Å². The van der Waals surface area contributed by atoms with Gasteiger partial charge < -0.3 is 14.8 Å². The van der Waals surface area contributed by atoms with Crippen LogP contribution < -0.4 is 14.8 Å². The normalized spacial score (nSPS) is 15.9. The summed E-state index contributed by atoms with van der Waals surface area (Å²) in [7, 11) is 0. The number of fused-ring (bicyclic) bond motifs is 1.